The molecular formula is C21H29N3O3. The molecule has 0 aliphatic carbocycles. The van der Waals surface area contributed by atoms with E-state index in [1.807, 2.05) is 38.1 Å². The van der Waals surface area contributed by atoms with Gasteiger partial charge in [-0.05, 0) is 36.5 Å². The van der Waals surface area contributed by atoms with Crippen LogP contribution in [0.15, 0.2) is 35.5 Å². The predicted octanol–water partition coefficient (Wildman–Crippen LogP) is 4.84. The smallest absolute Gasteiger partial charge is 0.310 e. The Morgan fingerprint density at radius 1 is 1.26 bits per heavy atom. The topological polar surface area (TPSA) is 65.4 Å². The van der Waals surface area contributed by atoms with Gasteiger partial charge in [-0.2, -0.15) is 0 Å². The zero-order valence-corrected chi connectivity index (χ0v) is 16.8. The van der Waals surface area contributed by atoms with E-state index in [0.717, 1.165) is 35.5 Å². The minimum atomic E-state index is -0.345. The van der Waals surface area contributed by atoms with Gasteiger partial charge < -0.3 is 14.8 Å². The highest BCUT2D eigenvalue weighted by Crippen LogP contribution is 2.39. The van der Waals surface area contributed by atoms with Crippen molar-refractivity contribution in [3.05, 3.63) is 35.5 Å². The maximum Gasteiger partial charge on any atom is 0.310 e. The van der Waals surface area contributed by atoms with Gasteiger partial charge in [-0.1, -0.05) is 46.8 Å². The van der Waals surface area contributed by atoms with Crippen LogP contribution in [0, 0.1) is 11.8 Å². The Hall–Kier alpha value is -2.34. The highest BCUT2D eigenvalue weighted by atomic mass is 16.7. The zero-order chi connectivity index (χ0) is 19.6. The summed E-state index contributed by atoms with van der Waals surface area (Å²) in [5.74, 6) is 0.689. The fourth-order valence-electron chi connectivity index (χ4n) is 3.37. The molecule has 27 heavy (non-hydrogen) atoms. The summed E-state index contributed by atoms with van der Waals surface area (Å²) >= 11 is 0. The van der Waals surface area contributed by atoms with Gasteiger partial charge in [0.25, 0.3) is 0 Å². The number of nitrogens with zero attached hydrogens (tertiary/aromatic N) is 2. The van der Waals surface area contributed by atoms with E-state index in [1.54, 1.807) is 0 Å². The number of aromatic nitrogens is 2. The van der Waals surface area contributed by atoms with Crippen molar-refractivity contribution in [3.63, 3.8) is 0 Å². The Morgan fingerprint density at radius 2 is 2.00 bits per heavy atom. The molecule has 1 aliphatic rings. The summed E-state index contributed by atoms with van der Waals surface area (Å²) < 4.78 is 13.5. The molecule has 146 valence electrons. The van der Waals surface area contributed by atoms with Crippen LogP contribution in [0.25, 0.3) is 11.0 Å². The van der Waals surface area contributed by atoms with Gasteiger partial charge in [0.2, 0.25) is 5.95 Å². The molecule has 0 saturated carbocycles. The van der Waals surface area contributed by atoms with E-state index in [9.17, 15) is 4.79 Å². The third-order valence-corrected chi connectivity index (χ3v) is 5.11. The molecule has 6 nitrogen and oxygen atoms in total. The number of nitrogens with one attached hydrogen (secondary N) is 1. The number of esters is 1. The number of ether oxygens (including phenoxy) is 2. The lowest BCUT2D eigenvalue weighted by molar-refractivity contribution is -0.166. The summed E-state index contributed by atoms with van der Waals surface area (Å²) in [7, 11) is 0. The minimum absolute atomic E-state index is 0.0785. The highest BCUT2D eigenvalue weighted by molar-refractivity contribution is 5.80. The number of hydrogen-bond donors (Lipinski definition) is 1. The summed E-state index contributed by atoms with van der Waals surface area (Å²) in [5.41, 5.74) is 4.23. The Kier molecular flexibility index (Phi) is 5.85. The van der Waals surface area contributed by atoms with Crippen LogP contribution in [0.5, 0.6) is 0 Å². The number of fused-ring (bicyclic) bond motifs is 3. The SMILES string of the molecule is CCC1=C(C(C)CC)Nc2nc3ccccc3n2C1OCOC(=O)C(C)C. The molecular weight excluding hydrogens is 342 g/mol. The number of carbonyl (C=O) groups excluding carboxylic acids is 1. The normalized spacial score (nSPS) is 17.8. The van der Waals surface area contributed by atoms with Crippen LogP contribution in [0.3, 0.4) is 0 Å². The van der Waals surface area contributed by atoms with Crippen LogP contribution in [-0.2, 0) is 14.3 Å². The number of anilines is 1. The first kappa shape index (κ1) is 19.4. The number of hydrogen-bond acceptors (Lipinski definition) is 5. The molecule has 2 unspecified atom stereocenters. The summed E-state index contributed by atoms with van der Waals surface area (Å²) in [6.45, 7) is 10.0. The Labute approximate surface area is 160 Å². The van der Waals surface area contributed by atoms with E-state index in [1.165, 1.54) is 5.57 Å². The van der Waals surface area contributed by atoms with Crippen molar-refractivity contribution in [1.29, 1.82) is 0 Å². The largest absolute Gasteiger partial charge is 0.438 e. The molecule has 6 heteroatoms. The Bertz CT molecular complexity index is 853. The quantitative estimate of drug-likeness (QED) is 0.557. The molecule has 1 aromatic carbocycles. The van der Waals surface area contributed by atoms with Crippen molar-refractivity contribution in [1.82, 2.24) is 9.55 Å². The third kappa shape index (κ3) is 3.72. The van der Waals surface area contributed by atoms with Gasteiger partial charge in [0.1, 0.15) is 0 Å². The third-order valence-electron chi connectivity index (χ3n) is 5.11. The maximum atomic E-state index is 11.8. The predicted molar refractivity (Wildman–Crippen MR) is 106 cm³/mol. The number of carbonyl (C=O) groups is 1. The molecule has 2 aromatic rings. The molecule has 0 saturated heterocycles. The molecule has 0 amide bonds. The molecule has 1 aromatic heterocycles. The molecule has 2 atom stereocenters. The maximum absolute atomic E-state index is 11.8. The van der Waals surface area contributed by atoms with Gasteiger partial charge in [-0.3, -0.25) is 9.36 Å². The first-order valence-corrected chi connectivity index (χ1v) is 9.73. The summed E-state index contributed by atoms with van der Waals surface area (Å²) in [6, 6.07) is 8.00. The van der Waals surface area contributed by atoms with Crippen molar-refractivity contribution >= 4 is 23.0 Å². The highest BCUT2D eigenvalue weighted by Gasteiger charge is 2.31. The first-order chi connectivity index (χ1) is 13.0. The molecule has 0 radical (unpaired) electrons. The van der Waals surface area contributed by atoms with Crippen molar-refractivity contribution < 1.29 is 14.3 Å². The molecule has 0 spiro atoms. The van der Waals surface area contributed by atoms with Crippen LogP contribution in [0.1, 0.15) is 53.7 Å². The monoisotopic (exact) mass is 371 g/mol. The Morgan fingerprint density at radius 3 is 2.67 bits per heavy atom. The van der Waals surface area contributed by atoms with E-state index >= 15 is 0 Å². The van der Waals surface area contributed by atoms with Crippen LogP contribution in [-0.4, -0.2) is 22.3 Å². The first-order valence-electron chi connectivity index (χ1n) is 9.73. The average molecular weight is 371 g/mol. The fraction of sp³-hybridized carbons (Fsp3) is 0.524. The summed E-state index contributed by atoms with van der Waals surface area (Å²) in [5, 5.41) is 3.53. The van der Waals surface area contributed by atoms with Crippen molar-refractivity contribution in [2.24, 2.45) is 11.8 Å². The lowest BCUT2D eigenvalue weighted by Gasteiger charge is -2.33. The van der Waals surface area contributed by atoms with Crippen molar-refractivity contribution in [2.75, 3.05) is 12.1 Å². The molecule has 0 fully saturated rings. The van der Waals surface area contributed by atoms with E-state index in [4.69, 9.17) is 14.5 Å². The van der Waals surface area contributed by atoms with Crippen LogP contribution >= 0.6 is 0 Å². The lowest BCUT2D eigenvalue weighted by atomic mass is 9.96. The van der Waals surface area contributed by atoms with E-state index < -0.39 is 0 Å². The number of imidazole rings is 1. The van der Waals surface area contributed by atoms with Gasteiger partial charge in [-0.15, -0.1) is 0 Å². The second-order valence-electron chi connectivity index (χ2n) is 7.28. The molecule has 2 heterocycles. The molecule has 0 bridgehead atoms. The number of rotatable bonds is 7. The molecule has 1 N–H and O–H groups in total. The fourth-order valence-corrected chi connectivity index (χ4v) is 3.37. The van der Waals surface area contributed by atoms with Crippen LogP contribution in [0.2, 0.25) is 0 Å². The summed E-state index contributed by atoms with van der Waals surface area (Å²) in [6.07, 6.45) is 1.50. The van der Waals surface area contributed by atoms with E-state index in [-0.39, 0.29) is 24.9 Å². The van der Waals surface area contributed by atoms with Gasteiger partial charge in [0, 0.05) is 5.70 Å². The van der Waals surface area contributed by atoms with Gasteiger partial charge in [0.15, 0.2) is 13.0 Å². The second kappa shape index (κ2) is 8.13. The van der Waals surface area contributed by atoms with Gasteiger partial charge in [-0.25, -0.2) is 4.98 Å². The molecule has 1 aliphatic heterocycles. The van der Waals surface area contributed by atoms with E-state index in [0.29, 0.717) is 5.92 Å². The lowest BCUT2D eigenvalue weighted by Crippen LogP contribution is -2.29. The summed E-state index contributed by atoms with van der Waals surface area (Å²) in [4.78, 5) is 16.6. The number of allylic oxidation sites excluding steroid dienone is 1. The van der Waals surface area contributed by atoms with Gasteiger partial charge >= 0.3 is 5.97 Å². The van der Waals surface area contributed by atoms with Crippen LogP contribution < -0.4 is 5.32 Å². The number of para-hydroxylation sites is 2. The second-order valence-corrected chi connectivity index (χ2v) is 7.28. The van der Waals surface area contributed by atoms with Crippen molar-refractivity contribution in [3.8, 4) is 0 Å². The molecule has 3 rings (SSSR count). The minimum Gasteiger partial charge on any atom is -0.438 e. The standard InChI is InChI=1S/C21H29N3O3/c1-6-14(5)18-15(7-2)19(26-12-27-20(25)13(3)4)24-17-11-9-8-10-16(17)22-21(24)23-18/h8-11,13-14,19H,6-7,12H2,1-5H3,(H,22,23). The Balaban J connectivity index is 1.99. The van der Waals surface area contributed by atoms with Crippen LogP contribution in [0.4, 0.5) is 5.95 Å². The number of benzene rings is 1. The van der Waals surface area contributed by atoms with Crippen molar-refractivity contribution in [2.45, 2.75) is 53.7 Å². The zero-order valence-electron chi connectivity index (χ0n) is 16.8. The van der Waals surface area contributed by atoms with E-state index in [2.05, 4.69) is 30.7 Å². The van der Waals surface area contributed by atoms with Gasteiger partial charge in [0.05, 0.1) is 17.0 Å². The average Bonchev–Trinajstić information content (AvgIpc) is 3.04.